The Morgan fingerprint density at radius 3 is 2.29 bits per heavy atom. The van der Waals surface area contributed by atoms with Gasteiger partial charge in [-0.1, -0.05) is 12.2 Å². The van der Waals surface area contributed by atoms with Gasteiger partial charge in [-0.2, -0.15) is 0 Å². The number of imide groups is 1. The van der Waals surface area contributed by atoms with Crippen LogP contribution < -0.4 is 14.8 Å². The molecular formula is C20H18N2O6. The number of nitrogens with zero attached hydrogens (tertiary/aromatic N) is 1. The predicted molar refractivity (Wildman–Crippen MR) is 95.6 cm³/mol. The molecule has 5 rings (SSSR count). The summed E-state index contributed by atoms with van der Waals surface area (Å²) in [7, 11) is 0. The molecule has 3 amide bonds. The number of anilines is 1. The number of fused-ring (bicyclic) bond motifs is 6. The first kappa shape index (κ1) is 17.0. The van der Waals surface area contributed by atoms with Gasteiger partial charge in [0, 0.05) is 11.6 Å². The van der Waals surface area contributed by atoms with Crippen molar-refractivity contribution in [2.24, 2.45) is 23.7 Å². The van der Waals surface area contributed by atoms with Gasteiger partial charge in [0.25, 0.3) is 0 Å². The van der Waals surface area contributed by atoms with E-state index >= 15 is 0 Å². The average molecular weight is 382 g/mol. The third-order valence-electron chi connectivity index (χ3n) is 6.03. The zero-order chi connectivity index (χ0) is 19.6. The Kier molecular flexibility index (Phi) is 3.59. The minimum Gasteiger partial charge on any atom is -0.454 e. The summed E-state index contributed by atoms with van der Waals surface area (Å²) in [5.74, 6) is -0.978. The van der Waals surface area contributed by atoms with E-state index in [4.69, 9.17) is 9.47 Å². The van der Waals surface area contributed by atoms with E-state index in [1.54, 1.807) is 0 Å². The molecule has 28 heavy (non-hydrogen) atoms. The van der Waals surface area contributed by atoms with E-state index in [9.17, 15) is 19.2 Å². The van der Waals surface area contributed by atoms with Gasteiger partial charge in [-0.05, 0) is 31.2 Å². The van der Waals surface area contributed by atoms with Crippen LogP contribution in [0.5, 0.6) is 11.5 Å². The molecule has 1 N–H and O–H groups in total. The molecule has 0 spiro atoms. The Morgan fingerprint density at radius 1 is 1.07 bits per heavy atom. The molecule has 4 aliphatic rings. The number of carbonyl (C=O) groups excluding carboxylic acids is 4. The van der Waals surface area contributed by atoms with Crippen LogP contribution in [-0.2, 0) is 14.4 Å². The van der Waals surface area contributed by atoms with Crippen LogP contribution in [0.1, 0.15) is 23.7 Å². The first-order valence-electron chi connectivity index (χ1n) is 9.22. The molecule has 8 nitrogen and oxygen atoms in total. The van der Waals surface area contributed by atoms with Gasteiger partial charge in [0.2, 0.25) is 24.5 Å². The van der Waals surface area contributed by atoms with Crippen LogP contribution in [-0.4, -0.2) is 41.7 Å². The fraction of sp³-hybridized carbons (Fsp3) is 0.400. The quantitative estimate of drug-likeness (QED) is 0.479. The number of Topliss-reactive ketones (excluding diaryl/α,β-unsaturated/α-hetero) is 1. The summed E-state index contributed by atoms with van der Waals surface area (Å²) >= 11 is 0. The molecule has 0 unspecified atom stereocenters. The number of amides is 3. The number of carbonyl (C=O) groups is 4. The molecule has 0 aromatic heterocycles. The van der Waals surface area contributed by atoms with Crippen LogP contribution in [0.4, 0.5) is 5.69 Å². The smallest absolute Gasteiger partial charge is 0.244 e. The topological polar surface area (TPSA) is 102 Å². The molecule has 2 heterocycles. The maximum atomic E-state index is 12.7. The Bertz CT molecular complexity index is 938. The molecule has 2 bridgehead atoms. The van der Waals surface area contributed by atoms with E-state index in [1.807, 2.05) is 12.2 Å². The number of likely N-dealkylation sites (tertiary alicyclic amines) is 1. The van der Waals surface area contributed by atoms with E-state index in [0.29, 0.717) is 11.5 Å². The largest absolute Gasteiger partial charge is 0.454 e. The second-order valence-electron chi connectivity index (χ2n) is 7.62. The van der Waals surface area contributed by atoms with Gasteiger partial charge in [-0.3, -0.25) is 24.1 Å². The number of hydrogen-bond donors (Lipinski definition) is 1. The summed E-state index contributed by atoms with van der Waals surface area (Å²) in [4.78, 5) is 51.0. The second kappa shape index (κ2) is 5.92. The van der Waals surface area contributed by atoms with Crippen molar-refractivity contribution in [1.82, 2.24) is 4.90 Å². The van der Waals surface area contributed by atoms with Gasteiger partial charge in [0.15, 0.2) is 17.3 Å². The number of ether oxygens (including phenoxy) is 2. The molecule has 144 valence electrons. The lowest BCUT2D eigenvalue weighted by Crippen LogP contribution is -2.39. The van der Waals surface area contributed by atoms with Gasteiger partial charge in [-0.15, -0.1) is 0 Å². The van der Waals surface area contributed by atoms with Crippen molar-refractivity contribution in [2.75, 3.05) is 18.7 Å². The monoisotopic (exact) mass is 382 g/mol. The van der Waals surface area contributed by atoms with Crippen LogP contribution >= 0.6 is 0 Å². The van der Waals surface area contributed by atoms with E-state index in [2.05, 4.69) is 5.32 Å². The normalized spacial score (nSPS) is 28.8. The number of benzene rings is 1. The molecule has 1 saturated carbocycles. The van der Waals surface area contributed by atoms with Crippen molar-refractivity contribution in [3.05, 3.63) is 29.8 Å². The van der Waals surface area contributed by atoms with Crippen LogP contribution in [0, 0.1) is 23.7 Å². The zero-order valence-electron chi connectivity index (χ0n) is 15.1. The van der Waals surface area contributed by atoms with Crippen molar-refractivity contribution in [1.29, 1.82) is 0 Å². The summed E-state index contributed by atoms with van der Waals surface area (Å²) in [6.07, 6.45) is 4.85. The first-order chi connectivity index (χ1) is 13.4. The molecule has 0 radical (unpaired) electrons. The number of rotatable bonds is 4. The van der Waals surface area contributed by atoms with Crippen LogP contribution in [0.25, 0.3) is 0 Å². The van der Waals surface area contributed by atoms with Gasteiger partial charge < -0.3 is 14.8 Å². The molecule has 2 fully saturated rings. The first-order valence-corrected chi connectivity index (χ1v) is 9.22. The van der Waals surface area contributed by atoms with Gasteiger partial charge in [0.05, 0.1) is 17.5 Å². The Balaban J connectivity index is 1.34. The standard InChI is InChI=1S/C20H18N2O6/c1-9(23)12-5-14-15(28-8-27-14)6-13(12)21-16(24)7-22-19(25)17-10-2-3-11(4-10)18(17)20(22)26/h2-3,5-6,10-11,17-18H,4,7-8H2,1H3,(H,21,24)/t10-,11-,17-,18+/m0/s1. The average Bonchev–Trinajstić information content (AvgIpc) is 3.41. The number of hydrogen-bond acceptors (Lipinski definition) is 6. The van der Waals surface area contributed by atoms with Crippen molar-refractivity contribution in [3.63, 3.8) is 0 Å². The number of ketones is 1. The Hall–Kier alpha value is -3.16. The highest BCUT2D eigenvalue weighted by Crippen LogP contribution is 2.52. The van der Waals surface area contributed by atoms with Crippen LogP contribution in [0.3, 0.4) is 0 Å². The van der Waals surface area contributed by atoms with Crippen LogP contribution in [0.2, 0.25) is 0 Å². The Morgan fingerprint density at radius 2 is 1.68 bits per heavy atom. The van der Waals surface area contributed by atoms with Gasteiger partial charge in [-0.25, -0.2) is 0 Å². The highest BCUT2D eigenvalue weighted by molar-refractivity contribution is 6.10. The number of allylic oxidation sites excluding steroid dienone is 2. The second-order valence-corrected chi connectivity index (χ2v) is 7.62. The van der Waals surface area contributed by atoms with Crippen molar-refractivity contribution in [2.45, 2.75) is 13.3 Å². The maximum Gasteiger partial charge on any atom is 0.244 e. The fourth-order valence-electron chi connectivity index (χ4n) is 4.79. The lowest BCUT2D eigenvalue weighted by atomic mass is 9.85. The molecule has 1 aromatic rings. The molecule has 2 aliphatic carbocycles. The highest BCUT2D eigenvalue weighted by Gasteiger charge is 2.59. The molecular weight excluding hydrogens is 364 g/mol. The third-order valence-corrected chi connectivity index (χ3v) is 6.03. The number of nitrogens with one attached hydrogen (secondary N) is 1. The van der Waals surface area contributed by atoms with Gasteiger partial charge in [0.1, 0.15) is 6.54 Å². The van der Waals surface area contributed by atoms with E-state index < -0.39 is 5.91 Å². The molecule has 1 saturated heterocycles. The maximum absolute atomic E-state index is 12.7. The summed E-state index contributed by atoms with van der Waals surface area (Å²) < 4.78 is 10.6. The van der Waals surface area contributed by atoms with E-state index in [0.717, 1.165) is 11.3 Å². The lowest BCUT2D eigenvalue weighted by molar-refractivity contribution is -0.143. The highest BCUT2D eigenvalue weighted by atomic mass is 16.7. The van der Waals surface area contributed by atoms with Crippen molar-refractivity contribution < 1.29 is 28.7 Å². The van der Waals surface area contributed by atoms with E-state index in [-0.39, 0.29) is 65.9 Å². The predicted octanol–water partition coefficient (Wildman–Crippen LogP) is 1.36. The van der Waals surface area contributed by atoms with E-state index in [1.165, 1.54) is 19.1 Å². The minimum absolute atomic E-state index is 0.0417. The third kappa shape index (κ3) is 2.37. The fourth-order valence-corrected chi connectivity index (χ4v) is 4.79. The summed E-state index contributed by atoms with van der Waals surface area (Å²) in [6, 6.07) is 3.03. The summed E-state index contributed by atoms with van der Waals surface area (Å²) in [5, 5.41) is 2.64. The minimum atomic E-state index is -0.539. The van der Waals surface area contributed by atoms with Crippen molar-refractivity contribution >= 4 is 29.2 Å². The van der Waals surface area contributed by atoms with Crippen LogP contribution in [0.15, 0.2) is 24.3 Å². The zero-order valence-corrected chi connectivity index (χ0v) is 15.1. The summed E-state index contributed by atoms with van der Waals surface area (Å²) in [6.45, 7) is 1.06. The van der Waals surface area contributed by atoms with Crippen molar-refractivity contribution in [3.8, 4) is 11.5 Å². The molecule has 8 heteroatoms. The molecule has 4 atom stereocenters. The molecule has 1 aromatic carbocycles. The molecule has 2 aliphatic heterocycles. The summed E-state index contributed by atoms with van der Waals surface area (Å²) in [5.41, 5.74) is 0.540. The SMILES string of the molecule is CC(=O)c1cc2c(cc1NC(=O)CN1C(=O)[C@@H]3[C@H](C1=O)[C@H]1C=C[C@H]3C1)OCO2. The Labute approximate surface area is 160 Å². The van der Waals surface area contributed by atoms with Gasteiger partial charge >= 0.3 is 0 Å². The lowest BCUT2D eigenvalue weighted by Gasteiger charge is -2.17.